The number of benzene rings is 1. The monoisotopic (exact) mass is 558 g/mol. The van der Waals surface area contributed by atoms with Crippen LogP contribution in [-0.4, -0.2) is 25.8 Å². The lowest BCUT2D eigenvalue weighted by Gasteiger charge is -2.32. The van der Waals surface area contributed by atoms with E-state index >= 15 is 0 Å². The summed E-state index contributed by atoms with van der Waals surface area (Å²) in [6.07, 6.45) is -5.46. The van der Waals surface area contributed by atoms with Gasteiger partial charge in [0.15, 0.2) is 0 Å². The molecule has 2 nitrogen and oxygen atoms in total. The summed E-state index contributed by atoms with van der Waals surface area (Å²) in [5.41, 5.74) is 1.04. The molecule has 0 saturated carbocycles. The molecule has 156 valence electrons. The molecule has 0 aliphatic heterocycles. The number of rotatable bonds is 4. The first kappa shape index (κ1) is 23.4. The van der Waals surface area contributed by atoms with Gasteiger partial charge in [0.25, 0.3) is 0 Å². The molecule has 0 radical (unpaired) electrons. The van der Waals surface area contributed by atoms with Gasteiger partial charge in [0.05, 0.1) is 9.23 Å². The van der Waals surface area contributed by atoms with Crippen molar-refractivity contribution in [3.05, 3.63) is 56.9 Å². The second-order valence-electron chi connectivity index (χ2n) is 6.08. The Morgan fingerprint density at radius 3 is 2.07 bits per heavy atom. The van der Waals surface area contributed by atoms with Crippen LogP contribution in [0.2, 0.25) is 0 Å². The Labute approximate surface area is 172 Å². The van der Waals surface area contributed by atoms with Crippen LogP contribution in [0.5, 0.6) is 0 Å². The Morgan fingerprint density at radius 2 is 1.57 bits per heavy atom. The summed E-state index contributed by atoms with van der Waals surface area (Å²) in [7, 11) is -6.41. The summed E-state index contributed by atoms with van der Waals surface area (Å²) in [4.78, 5) is -1.36. The van der Waals surface area contributed by atoms with Gasteiger partial charge in [0.1, 0.15) is 0 Å². The number of hydrogen-bond donors (Lipinski definition) is 0. The van der Waals surface area contributed by atoms with Crippen LogP contribution in [0.3, 0.4) is 0 Å². The van der Waals surface area contributed by atoms with E-state index in [-0.39, 0.29) is 10.9 Å². The fourth-order valence-electron chi connectivity index (χ4n) is 2.62. The smallest absolute Gasteiger partial charge is 0.217 e. The second kappa shape index (κ2) is 7.12. The SMILES string of the molecule is Cc1ccccc1C1(Br)C=C(S(=O)(=O)C(F)(F)C(F)(F)C(F)(F)F)C=C(Br)C1. The molecule has 0 spiro atoms. The van der Waals surface area contributed by atoms with E-state index in [1.54, 1.807) is 31.2 Å². The van der Waals surface area contributed by atoms with Gasteiger partial charge in [-0.25, -0.2) is 8.42 Å². The van der Waals surface area contributed by atoms with Gasteiger partial charge in [-0.2, -0.15) is 30.7 Å². The topological polar surface area (TPSA) is 34.1 Å². The Balaban J connectivity index is 2.68. The predicted octanol–water partition coefficient (Wildman–Crippen LogP) is 6.36. The molecule has 12 heteroatoms. The number of alkyl halides is 8. The van der Waals surface area contributed by atoms with Crippen molar-refractivity contribution in [1.29, 1.82) is 0 Å². The largest absolute Gasteiger partial charge is 0.461 e. The third-order valence-electron chi connectivity index (χ3n) is 4.06. The van der Waals surface area contributed by atoms with E-state index in [9.17, 15) is 39.2 Å². The lowest BCUT2D eigenvalue weighted by atomic mass is 9.89. The normalized spacial score (nSPS) is 21.9. The van der Waals surface area contributed by atoms with Crippen molar-refractivity contribution < 1.29 is 39.2 Å². The molecule has 0 fully saturated rings. The Morgan fingerprint density at radius 1 is 1.04 bits per heavy atom. The third-order valence-corrected chi connectivity index (χ3v) is 7.29. The molecule has 1 atom stereocenters. The van der Waals surface area contributed by atoms with Crippen molar-refractivity contribution in [2.24, 2.45) is 0 Å². The molecule has 0 amide bonds. The third kappa shape index (κ3) is 3.67. The zero-order valence-corrected chi connectivity index (χ0v) is 17.8. The summed E-state index contributed by atoms with van der Waals surface area (Å²) < 4.78 is 115. The van der Waals surface area contributed by atoms with E-state index in [4.69, 9.17) is 0 Å². The van der Waals surface area contributed by atoms with Crippen LogP contribution >= 0.6 is 31.9 Å². The predicted molar refractivity (Wildman–Crippen MR) is 96.4 cm³/mol. The Kier molecular flexibility index (Phi) is 5.95. The van der Waals surface area contributed by atoms with Gasteiger partial charge in [-0.1, -0.05) is 56.1 Å². The molecule has 0 heterocycles. The molecule has 1 aromatic rings. The van der Waals surface area contributed by atoms with Gasteiger partial charge >= 0.3 is 17.4 Å². The van der Waals surface area contributed by atoms with Crippen LogP contribution in [0.15, 0.2) is 45.8 Å². The highest BCUT2D eigenvalue weighted by molar-refractivity contribution is 9.12. The van der Waals surface area contributed by atoms with Crippen LogP contribution in [0, 0.1) is 6.92 Å². The van der Waals surface area contributed by atoms with Gasteiger partial charge in [0.2, 0.25) is 9.84 Å². The molecule has 1 aliphatic rings. The molecule has 0 saturated heterocycles. The van der Waals surface area contributed by atoms with Crippen molar-refractivity contribution in [1.82, 2.24) is 0 Å². The highest BCUT2D eigenvalue weighted by Gasteiger charge is 2.79. The number of allylic oxidation sites excluding steroid dienone is 3. The fourth-order valence-corrected chi connectivity index (χ4v) is 6.38. The molecular weight excluding hydrogens is 549 g/mol. The summed E-state index contributed by atoms with van der Waals surface area (Å²) in [6.45, 7) is 1.64. The van der Waals surface area contributed by atoms with Crippen molar-refractivity contribution in [3.63, 3.8) is 0 Å². The number of halogens is 9. The highest BCUT2D eigenvalue weighted by atomic mass is 79.9. The molecule has 2 rings (SSSR count). The van der Waals surface area contributed by atoms with Crippen LogP contribution in [-0.2, 0) is 14.2 Å². The quantitative estimate of drug-likeness (QED) is 0.318. The number of hydrogen-bond acceptors (Lipinski definition) is 2. The summed E-state index contributed by atoms with van der Waals surface area (Å²) in [5.74, 6) is -6.78. The molecule has 1 unspecified atom stereocenters. The summed E-state index contributed by atoms with van der Waals surface area (Å²) in [5, 5.41) is -6.41. The minimum absolute atomic E-state index is 0.0120. The van der Waals surface area contributed by atoms with E-state index in [1.807, 2.05) is 0 Å². The Bertz CT molecular complexity index is 952. The molecular formula is C16H11Br2F7O2S. The van der Waals surface area contributed by atoms with Gasteiger partial charge in [-0.3, -0.25) is 0 Å². The van der Waals surface area contributed by atoms with Crippen molar-refractivity contribution in [2.75, 3.05) is 0 Å². The van der Waals surface area contributed by atoms with E-state index in [0.29, 0.717) is 23.3 Å². The lowest BCUT2D eigenvalue weighted by molar-refractivity contribution is -0.331. The van der Waals surface area contributed by atoms with Gasteiger partial charge in [-0.15, -0.1) is 0 Å². The lowest BCUT2D eigenvalue weighted by Crippen LogP contribution is -2.56. The average molecular weight is 560 g/mol. The molecule has 1 aromatic carbocycles. The first-order chi connectivity index (χ1) is 12.5. The number of sulfone groups is 1. The fraction of sp³-hybridized carbons (Fsp3) is 0.375. The zero-order chi connectivity index (χ0) is 21.8. The highest BCUT2D eigenvalue weighted by Crippen LogP contribution is 2.53. The van der Waals surface area contributed by atoms with Gasteiger partial charge in [-0.05, 0) is 34.7 Å². The van der Waals surface area contributed by atoms with Crippen LogP contribution in [0.1, 0.15) is 17.5 Å². The maximum absolute atomic E-state index is 14.0. The molecule has 0 bridgehead atoms. The van der Waals surface area contributed by atoms with Crippen LogP contribution in [0.25, 0.3) is 0 Å². The first-order valence-corrected chi connectivity index (χ1v) is 10.5. The van der Waals surface area contributed by atoms with Crippen LogP contribution < -0.4 is 0 Å². The van der Waals surface area contributed by atoms with Crippen molar-refractivity contribution in [3.8, 4) is 0 Å². The zero-order valence-electron chi connectivity index (χ0n) is 13.8. The molecule has 0 N–H and O–H groups in total. The average Bonchev–Trinajstić information content (AvgIpc) is 2.52. The first-order valence-electron chi connectivity index (χ1n) is 7.38. The second-order valence-corrected chi connectivity index (χ2v) is 10.5. The van der Waals surface area contributed by atoms with Crippen LogP contribution in [0.4, 0.5) is 30.7 Å². The van der Waals surface area contributed by atoms with Gasteiger partial charge < -0.3 is 0 Å². The maximum Gasteiger partial charge on any atom is 0.461 e. The van der Waals surface area contributed by atoms with E-state index in [1.165, 1.54) is 0 Å². The van der Waals surface area contributed by atoms with E-state index in [0.717, 1.165) is 0 Å². The molecule has 28 heavy (non-hydrogen) atoms. The maximum atomic E-state index is 14.0. The van der Waals surface area contributed by atoms with Gasteiger partial charge in [0, 0.05) is 6.42 Å². The summed E-state index contributed by atoms with van der Waals surface area (Å²) in [6, 6.07) is 6.41. The molecule has 0 aromatic heterocycles. The minimum atomic E-state index is -6.78. The summed E-state index contributed by atoms with van der Waals surface area (Å²) >= 11 is 6.17. The van der Waals surface area contributed by atoms with E-state index in [2.05, 4.69) is 31.9 Å². The number of aryl methyl sites for hydroxylation is 1. The van der Waals surface area contributed by atoms with Crippen molar-refractivity contribution in [2.45, 2.75) is 35.0 Å². The van der Waals surface area contributed by atoms with E-state index < -0.39 is 36.4 Å². The standard InChI is InChI=1S/C16H11Br2F7O2S/c1-9-4-2-3-5-12(9)13(18)7-10(17)6-11(8-13)28(26,27)16(24,25)14(19,20)15(21,22)23/h2-6,8H,7H2,1H3. The minimum Gasteiger partial charge on any atom is -0.217 e. The van der Waals surface area contributed by atoms with Crippen molar-refractivity contribution >= 4 is 41.7 Å². The molecule has 1 aliphatic carbocycles. The Hall–Kier alpha value is -0.880.